The number of hydrogen-bond acceptors (Lipinski definition) is 3. The smallest absolute Gasteiger partial charge is 0.119 e. The number of nitrogens with one attached hydrogen (secondary N) is 1. The lowest BCUT2D eigenvalue weighted by atomic mass is 9.99. The number of methoxy groups -OCH3 is 1. The minimum Gasteiger partial charge on any atom is -0.497 e. The third-order valence-corrected chi connectivity index (χ3v) is 3.86. The summed E-state index contributed by atoms with van der Waals surface area (Å²) in [7, 11) is 3.68. The summed E-state index contributed by atoms with van der Waals surface area (Å²) in [5, 5.41) is 7.94. The van der Waals surface area contributed by atoms with Crippen LogP contribution in [0.3, 0.4) is 0 Å². The van der Waals surface area contributed by atoms with Gasteiger partial charge in [0.15, 0.2) is 0 Å². The van der Waals surface area contributed by atoms with Crippen molar-refractivity contribution in [3.63, 3.8) is 0 Å². The number of aryl methyl sites for hydroxylation is 1. The predicted molar refractivity (Wildman–Crippen MR) is 86.4 cm³/mol. The fourth-order valence-corrected chi connectivity index (χ4v) is 2.71. The lowest BCUT2D eigenvalue weighted by molar-refractivity contribution is 0.414. The van der Waals surface area contributed by atoms with E-state index in [1.165, 1.54) is 11.3 Å². The Morgan fingerprint density at radius 2 is 1.90 bits per heavy atom. The van der Waals surface area contributed by atoms with Gasteiger partial charge in [-0.15, -0.1) is 0 Å². The molecule has 1 atom stereocenters. The van der Waals surface area contributed by atoms with Crippen molar-refractivity contribution >= 4 is 0 Å². The van der Waals surface area contributed by atoms with Crippen molar-refractivity contribution in [1.29, 1.82) is 0 Å². The van der Waals surface area contributed by atoms with E-state index in [-0.39, 0.29) is 0 Å². The molecule has 1 aromatic carbocycles. The van der Waals surface area contributed by atoms with Gasteiger partial charge in [-0.05, 0) is 69.6 Å². The summed E-state index contributed by atoms with van der Waals surface area (Å²) < 4.78 is 7.23. The highest BCUT2D eigenvalue weighted by Gasteiger charge is 2.15. The van der Waals surface area contributed by atoms with Crippen LogP contribution >= 0.6 is 0 Å². The first-order chi connectivity index (χ1) is 10.1. The zero-order chi connectivity index (χ0) is 15.4. The van der Waals surface area contributed by atoms with Gasteiger partial charge < -0.3 is 10.1 Å². The number of hydrogen-bond donors (Lipinski definition) is 1. The van der Waals surface area contributed by atoms with Crippen molar-refractivity contribution in [1.82, 2.24) is 15.1 Å². The van der Waals surface area contributed by atoms with E-state index in [1.54, 1.807) is 7.11 Å². The molecule has 0 saturated carbocycles. The maximum absolute atomic E-state index is 5.21. The summed E-state index contributed by atoms with van der Waals surface area (Å²) in [6, 6.07) is 8.02. The van der Waals surface area contributed by atoms with Gasteiger partial charge in [0.25, 0.3) is 0 Å². The van der Waals surface area contributed by atoms with Crippen LogP contribution in [0, 0.1) is 19.8 Å². The van der Waals surface area contributed by atoms with Gasteiger partial charge in [0.05, 0.1) is 18.5 Å². The molecular formula is C17H25N3O. The molecule has 4 nitrogen and oxygen atoms in total. The van der Waals surface area contributed by atoms with E-state index >= 15 is 0 Å². The zero-order valence-electron chi connectivity index (χ0n) is 13.6. The molecule has 0 aliphatic heterocycles. The highest BCUT2D eigenvalue weighted by atomic mass is 16.5. The van der Waals surface area contributed by atoms with Crippen LogP contribution in [0.5, 0.6) is 5.75 Å². The summed E-state index contributed by atoms with van der Waals surface area (Å²) >= 11 is 0. The fourth-order valence-electron chi connectivity index (χ4n) is 2.71. The van der Waals surface area contributed by atoms with Crippen LogP contribution < -0.4 is 10.1 Å². The van der Waals surface area contributed by atoms with Crippen LogP contribution in [0.4, 0.5) is 0 Å². The van der Waals surface area contributed by atoms with Crippen molar-refractivity contribution in [2.75, 3.05) is 20.7 Å². The monoisotopic (exact) mass is 287 g/mol. The Kier molecular flexibility index (Phi) is 5.02. The summed E-state index contributed by atoms with van der Waals surface area (Å²) in [6.45, 7) is 7.52. The number of ether oxygens (including phenoxy) is 1. The van der Waals surface area contributed by atoms with Crippen molar-refractivity contribution < 1.29 is 4.74 Å². The first kappa shape index (κ1) is 15.6. The van der Waals surface area contributed by atoms with Gasteiger partial charge in [0.1, 0.15) is 5.75 Å². The third kappa shape index (κ3) is 3.45. The Balaban J connectivity index is 2.29. The number of aromatic nitrogens is 2. The molecule has 21 heavy (non-hydrogen) atoms. The van der Waals surface area contributed by atoms with Crippen LogP contribution in [0.1, 0.15) is 23.9 Å². The van der Waals surface area contributed by atoms with E-state index in [0.29, 0.717) is 5.92 Å². The Hall–Kier alpha value is -1.81. The van der Waals surface area contributed by atoms with Crippen LogP contribution in [-0.4, -0.2) is 30.5 Å². The molecule has 1 unspecified atom stereocenters. The van der Waals surface area contributed by atoms with Crippen molar-refractivity contribution in [3.8, 4) is 11.4 Å². The Morgan fingerprint density at radius 1 is 1.24 bits per heavy atom. The van der Waals surface area contributed by atoms with Gasteiger partial charge >= 0.3 is 0 Å². The normalized spacial score (nSPS) is 12.4. The molecular weight excluding hydrogens is 262 g/mol. The molecule has 4 heteroatoms. The summed E-state index contributed by atoms with van der Waals surface area (Å²) in [4.78, 5) is 0. The second-order valence-corrected chi connectivity index (χ2v) is 5.63. The van der Waals surface area contributed by atoms with Gasteiger partial charge in [0, 0.05) is 5.69 Å². The van der Waals surface area contributed by atoms with Crippen LogP contribution in [0.2, 0.25) is 0 Å². The SMILES string of the molecule is CNCC(C)Cc1c(C)nn(-c2ccc(OC)cc2)c1C. The third-order valence-electron chi connectivity index (χ3n) is 3.86. The van der Waals surface area contributed by atoms with Crippen molar-refractivity contribution in [2.45, 2.75) is 27.2 Å². The minimum absolute atomic E-state index is 0.598. The zero-order valence-corrected chi connectivity index (χ0v) is 13.6. The van der Waals surface area contributed by atoms with E-state index in [0.717, 1.165) is 30.1 Å². The van der Waals surface area contributed by atoms with E-state index in [4.69, 9.17) is 9.84 Å². The Morgan fingerprint density at radius 3 is 2.48 bits per heavy atom. The van der Waals surface area contributed by atoms with Crippen LogP contribution in [0.25, 0.3) is 5.69 Å². The first-order valence-corrected chi connectivity index (χ1v) is 7.41. The molecule has 0 aliphatic carbocycles. The van der Waals surface area contributed by atoms with Gasteiger partial charge in [-0.25, -0.2) is 4.68 Å². The Labute approximate surface area is 127 Å². The van der Waals surface area contributed by atoms with E-state index in [2.05, 4.69) is 26.1 Å². The average Bonchev–Trinajstić information content (AvgIpc) is 2.76. The standard InChI is InChI=1S/C17H25N3O/c1-12(11-18-4)10-17-13(2)19-20(14(17)3)15-6-8-16(21-5)9-7-15/h6-9,12,18H,10-11H2,1-5H3. The molecule has 0 spiro atoms. The predicted octanol–water partition coefficient (Wildman–Crippen LogP) is 2.90. The molecule has 0 amide bonds. The molecule has 2 aromatic rings. The van der Waals surface area contributed by atoms with Crippen LogP contribution in [-0.2, 0) is 6.42 Å². The molecule has 1 N–H and O–H groups in total. The largest absolute Gasteiger partial charge is 0.497 e. The average molecular weight is 287 g/mol. The molecule has 1 heterocycles. The van der Waals surface area contributed by atoms with E-state index in [9.17, 15) is 0 Å². The van der Waals surface area contributed by atoms with Crippen LogP contribution in [0.15, 0.2) is 24.3 Å². The molecule has 114 valence electrons. The number of nitrogens with zero attached hydrogens (tertiary/aromatic N) is 2. The summed E-state index contributed by atoms with van der Waals surface area (Å²) in [5.41, 5.74) is 4.77. The van der Waals surface area contributed by atoms with Crippen molar-refractivity contribution in [3.05, 3.63) is 41.2 Å². The lowest BCUT2D eigenvalue weighted by Crippen LogP contribution is -2.18. The van der Waals surface area contributed by atoms with E-state index in [1.807, 2.05) is 36.0 Å². The summed E-state index contributed by atoms with van der Waals surface area (Å²) in [5.74, 6) is 1.46. The Bertz CT molecular complexity index is 587. The fraction of sp³-hybridized carbons (Fsp3) is 0.471. The van der Waals surface area contributed by atoms with Gasteiger partial charge in [-0.3, -0.25) is 0 Å². The minimum atomic E-state index is 0.598. The van der Waals surface area contributed by atoms with Gasteiger partial charge in [-0.2, -0.15) is 5.10 Å². The maximum Gasteiger partial charge on any atom is 0.119 e. The van der Waals surface area contributed by atoms with Crippen molar-refractivity contribution in [2.24, 2.45) is 5.92 Å². The molecule has 0 saturated heterocycles. The van der Waals surface area contributed by atoms with Gasteiger partial charge in [0.2, 0.25) is 0 Å². The lowest BCUT2D eigenvalue weighted by Gasteiger charge is -2.11. The molecule has 0 aliphatic rings. The number of rotatable bonds is 6. The van der Waals surface area contributed by atoms with E-state index < -0.39 is 0 Å². The van der Waals surface area contributed by atoms with Gasteiger partial charge in [-0.1, -0.05) is 6.92 Å². The molecule has 2 rings (SSSR count). The highest BCUT2D eigenvalue weighted by molar-refractivity contribution is 5.40. The molecule has 0 radical (unpaired) electrons. The molecule has 0 bridgehead atoms. The highest BCUT2D eigenvalue weighted by Crippen LogP contribution is 2.22. The molecule has 0 fully saturated rings. The maximum atomic E-state index is 5.21. The second kappa shape index (κ2) is 6.76. The summed E-state index contributed by atoms with van der Waals surface area (Å²) in [6.07, 6.45) is 1.05. The molecule has 1 aromatic heterocycles. The number of benzene rings is 1. The first-order valence-electron chi connectivity index (χ1n) is 7.41. The quantitative estimate of drug-likeness (QED) is 0.888. The topological polar surface area (TPSA) is 39.1 Å². The second-order valence-electron chi connectivity index (χ2n) is 5.63.